The number of halogens is 1. The quantitative estimate of drug-likeness (QED) is 0.635. The summed E-state index contributed by atoms with van der Waals surface area (Å²) in [5, 5.41) is 0.774. The van der Waals surface area contributed by atoms with Gasteiger partial charge < -0.3 is 4.74 Å². The normalized spacial score (nSPS) is 17.8. The van der Waals surface area contributed by atoms with Crippen molar-refractivity contribution >= 4 is 11.6 Å². The molecule has 0 aromatic heterocycles. The molecule has 2 rings (SSSR count). The van der Waals surface area contributed by atoms with Gasteiger partial charge in [0.25, 0.3) is 0 Å². The molecule has 0 fully saturated rings. The van der Waals surface area contributed by atoms with Gasteiger partial charge in [0.1, 0.15) is 11.4 Å². The highest BCUT2D eigenvalue weighted by Gasteiger charge is 2.33. The first-order chi connectivity index (χ1) is 6.41. The van der Waals surface area contributed by atoms with Crippen LogP contribution in [-0.4, -0.2) is 5.60 Å². The Labute approximate surface area is 90.0 Å². The molecule has 1 aromatic rings. The van der Waals surface area contributed by atoms with E-state index in [0.717, 1.165) is 22.8 Å². The minimum atomic E-state index is -0.107. The van der Waals surface area contributed by atoms with Crippen molar-refractivity contribution in [3.8, 4) is 5.75 Å². The number of hydrogen-bond acceptors (Lipinski definition) is 1. The van der Waals surface area contributed by atoms with E-state index < -0.39 is 0 Å². The third-order valence-electron chi connectivity index (χ3n) is 2.71. The van der Waals surface area contributed by atoms with Crippen molar-refractivity contribution in [3.05, 3.63) is 27.8 Å². The number of aryl methyl sites for hydroxylation is 2. The lowest BCUT2D eigenvalue weighted by Crippen LogP contribution is -2.24. The molecule has 2 heteroatoms. The van der Waals surface area contributed by atoms with Gasteiger partial charge in [-0.25, -0.2) is 0 Å². The van der Waals surface area contributed by atoms with E-state index in [1.54, 1.807) is 0 Å². The van der Waals surface area contributed by atoms with Gasteiger partial charge in [-0.1, -0.05) is 17.7 Å². The van der Waals surface area contributed by atoms with Crippen LogP contribution in [0.1, 0.15) is 30.5 Å². The van der Waals surface area contributed by atoms with E-state index in [-0.39, 0.29) is 5.60 Å². The summed E-state index contributed by atoms with van der Waals surface area (Å²) in [7, 11) is 0. The van der Waals surface area contributed by atoms with Gasteiger partial charge in [0, 0.05) is 12.0 Å². The van der Waals surface area contributed by atoms with Gasteiger partial charge in [0.15, 0.2) is 0 Å². The summed E-state index contributed by atoms with van der Waals surface area (Å²) in [6, 6.07) is 2.13. The molecule has 76 valence electrons. The van der Waals surface area contributed by atoms with Gasteiger partial charge >= 0.3 is 0 Å². The lowest BCUT2D eigenvalue weighted by atomic mass is 9.97. The fourth-order valence-corrected chi connectivity index (χ4v) is 2.24. The Bertz CT molecular complexity index is 394. The zero-order valence-corrected chi connectivity index (χ0v) is 9.83. The Kier molecular flexibility index (Phi) is 2.04. The first-order valence-electron chi connectivity index (χ1n) is 4.88. The highest BCUT2D eigenvalue weighted by atomic mass is 35.5. The number of hydrogen-bond donors (Lipinski definition) is 0. The van der Waals surface area contributed by atoms with Crippen molar-refractivity contribution in [3.63, 3.8) is 0 Å². The van der Waals surface area contributed by atoms with Crippen LogP contribution in [0.5, 0.6) is 5.75 Å². The summed E-state index contributed by atoms with van der Waals surface area (Å²) in [6.45, 7) is 8.33. The molecule has 1 aliphatic rings. The fraction of sp³-hybridized carbons (Fsp3) is 0.500. The summed E-state index contributed by atoms with van der Waals surface area (Å²) in [5.41, 5.74) is 3.54. The Morgan fingerprint density at radius 3 is 2.57 bits per heavy atom. The molecule has 1 heterocycles. The molecule has 0 spiro atoms. The lowest BCUT2D eigenvalue weighted by molar-refractivity contribution is 0.138. The summed E-state index contributed by atoms with van der Waals surface area (Å²) in [5.74, 6) is 0.897. The maximum absolute atomic E-state index is 6.21. The smallest absolute Gasteiger partial charge is 0.142 e. The van der Waals surface area contributed by atoms with Crippen molar-refractivity contribution in [2.45, 2.75) is 39.7 Å². The lowest BCUT2D eigenvalue weighted by Gasteiger charge is -2.17. The predicted molar refractivity (Wildman–Crippen MR) is 59.3 cm³/mol. The monoisotopic (exact) mass is 210 g/mol. The van der Waals surface area contributed by atoms with Gasteiger partial charge in [-0.3, -0.25) is 0 Å². The molecule has 0 N–H and O–H groups in total. The third-order valence-corrected chi connectivity index (χ3v) is 3.18. The SMILES string of the molecule is Cc1cc(C)c2c(c1Cl)OC(C)(C)C2. The molecule has 0 unspecified atom stereocenters. The average molecular weight is 211 g/mol. The van der Waals surface area contributed by atoms with E-state index in [9.17, 15) is 0 Å². The molecular formula is C12H15ClO. The molecule has 0 bridgehead atoms. The Morgan fingerprint density at radius 2 is 1.93 bits per heavy atom. The molecule has 14 heavy (non-hydrogen) atoms. The van der Waals surface area contributed by atoms with E-state index in [0.29, 0.717) is 0 Å². The van der Waals surface area contributed by atoms with Crippen LogP contribution >= 0.6 is 11.6 Å². The topological polar surface area (TPSA) is 9.23 Å². The Morgan fingerprint density at radius 1 is 1.29 bits per heavy atom. The van der Waals surface area contributed by atoms with Gasteiger partial charge in [0.2, 0.25) is 0 Å². The van der Waals surface area contributed by atoms with Gasteiger partial charge in [0.05, 0.1) is 5.02 Å². The van der Waals surface area contributed by atoms with Crippen LogP contribution in [0, 0.1) is 13.8 Å². The number of fused-ring (bicyclic) bond motifs is 1. The zero-order chi connectivity index (χ0) is 10.5. The molecule has 0 saturated carbocycles. The van der Waals surface area contributed by atoms with Gasteiger partial charge in [-0.15, -0.1) is 0 Å². The summed E-state index contributed by atoms with van der Waals surface area (Å²) >= 11 is 6.21. The molecule has 0 aliphatic carbocycles. The maximum Gasteiger partial charge on any atom is 0.142 e. The molecular weight excluding hydrogens is 196 g/mol. The van der Waals surface area contributed by atoms with E-state index >= 15 is 0 Å². The van der Waals surface area contributed by atoms with Crippen LogP contribution < -0.4 is 4.74 Å². The van der Waals surface area contributed by atoms with Crippen molar-refractivity contribution in [1.82, 2.24) is 0 Å². The number of benzene rings is 1. The average Bonchev–Trinajstić information content (AvgIpc) is 2.38. The van der Waals surface area contributed by atoms with Crippen molar-refractivity contribution < 1.29 is 4.74 Å². The summed E-state index contributed by atoms with van der Waals surface area (Å²) < 4.78 is 5.85. The molecule has 0 atom stereocenters. The molecule has 0 saturated heterocycles. The largest absolute Gasteiger partial charge is 0.486 e. The van der Waals surface area contributed by atoms with Gasteiger partial charge in [-0.05, 0) is 38.8 Å². The fourth-order valence-electron chi connectivity index (χ4n) is 2.03. The van der Waals surface area contributed by atoms with Crippen molar-refractivity contribution in [1.29, 1.82) is 0 Å². The van der Waals surface area contributed by atoms with E-state index in [2.05, 4.69) is 26.8 Å². The van der Waals surface area contributed by atoms with Crippen LogP contribution in [0.15, 0.2) is 6.07 Å². The Hall–Kier alpha value is -0.690. The second-order valence-electron chi connectivity index (χ2n) is 4.67. The van der Waals surface area contributed by atoms with Crippen LogP contribution in [0.25, 0.3) is 0 Å². The highest BCUT2D eigenvalue weighted by molar-refractivity contribution is 6.33. The minimum absolute atomic E-state index is 0.107. The molecule has 0 amide bonds. The van der Waals surface area contributed by atoms with Crippen LogP contribution in [0.3, 0.4) is 0 Å². The van der Waals surface area contributed by atoms with E-state index in [1.807, 2.05) is 6.92 Å². The highest BCUT2D eigenvalue weighted by Crippen LogP contribution is 2.43. The first kappa shape index (κ1) is 9.85. The molecule has 1 aliphatic heterocycles. The van der Waals surface area contributed by atoms with Crippen LogP contribution in [-0.2, 0) is 6.42 Å². The zero-order valence-electron chi connectivity index (χ0n) is 9.07. The van der Waals surface area contributed by atoms with Crippen molar-refractivity contribution in [2.75, 3.05) is 0 Å². The summed E-state index contributed by atoms with van der Waals surface area (Å²) in [6.07, 6.45) is 0.953. The van der Waals surface area contributed by atoms with E-state index in [1.165, 1.54) is 11.1 Å². The third kappa shape index (κ3) is 1.40. The van der Waals surface area contributed by atoms with Crippen LogP contribution in [0.4, 0.5) is 0 Å². The second-order valence-corrected chi connectivity index (χ2v) is 5.05. The standard InChI is InChI=1S/C12H15ClO/c1-7-5-8(2)10(13)11-9(7)6-12(3,4)14-11/h5H,6H2,1-4H3. The molecule has 1 nitrogen and oxygen atoms in total. The second kappa shape index (κ2) is 2.90. The molecule has 1 aromatic carbocycles. The number of ether oxygens (including phenoxy) is 1. The van der Waals surface area contributed by atoms with Crippen LogP contribution in [0.2, 0.25) is 5.02 Å². The molecule has 0 radical (unpaired) electrons. The van der Waals surface area contributed by atoms with Gasteiger partial charge in [-0.2, -0.15) is 0 Å². The Balaban J connectivity index is 2.61. The summed E-state index contributed by atoms with van der Waals surface area (Å²) in [4.78, 5) is 0. The van der Waals surface area contributed by atoms with E-state index in [4.69, 9.17) is 16.3 Å². The minimum Gasteiger partial charge on any atom is -0.486 e. The predicted octanol–water partition coefficient (Wildman–Crippen LogP) is 3.67. The number of rotatable bonds is 0. The van der Waals surface area contributed by atoms with Crippen molar-refractivity contribution in [2.24, 2.45) is 0 Å². The maximum atomic E-state index is 6.21. The first-order valence-corrected chi connectivity index (χ1v) is 5.26.